The standard InChI is InChI=1S/C19H21Cl2N3O2/c1-13(19(26)22-16-7-6-14(20)12-15(16)21)23-8-10-24(11-9-23)17-4-2-3-5-18(17)25/h2-7,12-13,25H,8-11H2,1H3,(H,22,26)/t13-/m1/s1. The van der Waals surface area contributed by atoms with Gasteiger partial charge in [0.25, 0.3) is 0 Å². The molecule has 0 aromatic heterocycles. The normalized spacial score (nSPS) is 16.3. The molecule has 0 saturated carbocycles. The maximum absolute atomic E-state index is 12.6. The highest BCUT2D eigenvalue weighted by atomic mass is 35.5. The van der Waals surface area contributed by atoms with E-state index >= 15 is 0 Å². The van der Waals surface area contributed by atoms with Gasteiger partial charge >= 0.3 is 0 Å². The number of phenols is 1. The fourth-order valence-corrected chi connectivity index (χ4v) is 3.53. The number of para-hydroxylation sites is 2. The van der Waals surface area contributed by atoms with Crippen molar-refractivity contribution >= 4 is 40.5 Å². The van der Waals surface area contributed by atoms with E-state index in [1.54, 1.807) is 24.3 Å². The Morgan fingerprint density at radius 2 is 1.81 bits per heavy atom. The third kappa shape index (κ3) is 4.23. The van der Waals surface area contributed by atoms with Crippen LogP contribution in [0.3, 0.4) is 0 Å². The summed E-state index contributed by atoms with van der Waals surface area (Å²) in [5, 5.41) is 13.8. The average Bonchev–Trinajstić information content (AvgIpc) is 2.64. The minimum absolute atomic E-state index is 0.106. The van der Waals surface area contributed by atoms with E-state index in [0.717, 1.165) is 31.9 Å². The number of nitrogens with zero attached hydrogens (tertiary/aromatic N) is 2. The Labute approximate surface area is 163 Å². The van der Waals surface area contributed by atoms with E-state index < -0.39 is 0 Å². The maximum Gasteiger partial charge on any atom is 0.241 e. The van der Waals surface area contributed by atoms with E-state index in [1.807, 2.05) is 25.1 Å². The number of phenolic OH excluding ortho intramolecular Hbond substituents is 1. The van der Waals surface area contributed by atoms with Crippen LogP contribution in [-0.4, -0.2) is 48.1 Å². The van der Waals surface area contributed by atoms with Crippen molar-refractivity contribution < 1.29 is 9.90 Å². The molecule has 1 fully saturated rings. The summed E-state index contributed by atoms with van der Waals surface area (Å²) in [6, 6.07) is 12.0. The van der Waals surface area contributed by atoms with Gasteiger partial charge in [-0.05, 0) is 37.3 Å². The Balaban J connectivity index is 1.58. The number of hydrogen-bond donors (Lipinski definition) is 2. The van der Waals surface area contributed by atoms with E-state index in [1.165, 1.54) is 0 Å². The first-order valence-electron chi connectivity index (χ1n) is 8.48. The minimum Gasteiger partial charge on any atom is -0.506 e. The van der Waals surface area contributed by atoms with Gasteiger partial charge in [0.2, 0.25) is 5.91 Å². The molecule has 0 bridgehead atoms. The zero-order chi connectivity index (χ0) is 18.7. The van der Waals surface area contributed by atoms with Crippen molar-refractivity contribution in [1.29, 1.82) is 0 Å². The van der Waals surface area contributed by atoms with Crippen LogP contribution in [0.1, 0.15) is 6.92 Å². The van der Waals surface area contributed by atoms with Gasteiger partial charge in [-0.2, -0.15) is 0 Å². The number of halogens is 2. The molecule has 1 aliphatic heterocycles. The molecule has 5 nitrogen and oxygen atoms in total. The van der Waals surface area contributed by atoms with Crippen LogP contribution in [0.25, 0.3) is 0 Å². The molecule has 3 rings (SSSR count). The van der Waals surface area contributed by atoms with Gasteiger partial charge in [0.1, 0.15) is 5.75 Å². The zero-order valence-electron chi connectivity index (χ0n) is 14.5. The topological polar surface area (TPSA) is 55.8 Å². The number of aromatic hydroxyl groups is 1. The van der Waals surface area contributed by atoms with Crippen LogP contribution >= 0.6 is 23.2 Å². The number of nitrogens with one attached hydrogen (secondary N) is 1. The van der Waals surface area contributed by atoms with E-state index in [2.05, 4.69) is 15.1 Å². The molecule has 26 heavy (non-hydrogen) atoms. The van der Waals surface area contributed by atoms with Gasteiger partial charge in [-0.1, -0.05) is 35.3 Å². The molecule has 2 aromatic carbocycles. The predicted molar refractivity (Wildman–Crippen MR) is 106 cm³/mol. The van der Waals surface area contributed by atoms with Crippen molar-refractivity contribution in [2.24, 2.45) is 0 Å². The summed E-state index contributed by atoms with van der Waals surface area (Å²) < 4.78 is 0. The Morgan fingerprint density at radius 3 is 2.46 bits per heavy atom. The summed E-state index contributed by atoms with van der Waals surface area (Å²) in [6.07, 6.45) is 0. The van der Waals surface area contributed by atoms with Gasteiger partial charge in [-0.15, -0.1) is 0 Å². The average molecular weight is 394 g/mol. The lowest BCUT2D eigenvalue weighted by atomic mass is 10.2. The van der Waals surface area contributed by atoms with Gasteiger partial charge < -0.3 is 15.3 Å². The van der Waals surface area contributed by atoms with Gasteiger partial charge in [-0.3, -0.25) is 9.69 Å². The molecule has 138 valence electrons. The van der Waals surface area contributed by atoms with Crippen molar-refractivity contribution in [3.63, 3.8) is 0 Å². The first kappa shape index (κ1) is 18.8. The molecule has 0 unspecified atom stereocenters. The van der Waals surface area contributed by atoms with E-state index in [-0.39, 0.29) is 17.7 Å². The highest BCUT2D eigenvalue weighted by Gasteiger charge is 2.26. The lowest BCUT2D eigenvalue weighted by Gasteiger charge is -2.38. The molecule has 1 heterocycles. The number of benzene rings is 2. The zero-order valence-corrected chi connectivity index (χ0v) is 16.0. The second-order valence-electron chi connectivity index (χ2n) is 6.30. The molecule has 0 aliphatic carbocycles. The molecule has 2 aromatic rings. The molecule has 1 saturated heterocycles. The van der Waals surface area contributed by atoms with Crippen molar-refractivity contribution in [2.75, 3.05) is 36.4 Å². The third-order valence-corrected chi connectivity index (χ3v) is 5.20. The molecule has 1 amide bonds. The van der Waals surface area contributed by atoms with Crippen molar-refractivity contribution in [3.8, 4) is 5.75 Å². The van der Waals surface area contributed by atoms with Crippen LogP contribution < -0.4 is 10.2 Å². The van der Waals surface area contributed by atoms with Crippen molar-refractivity contribution in [2.45, 2.75) is 13.0 Å². The van der Waals surface area contributed by atoms with E-state index in [9.17, 15) is 9.90 Å². The maximum atomic E-state index is 12.6. The second-order valence-corrected chi connectivity index (χ2v) is 7.14. The van der Waals surface area contributed by atoms with Crippen molar-refractivity contribution in [1.82, 2.24) is 4.90 Å². The van der Waals surface area contributed by atoms with Crippen LogP contribution in [0.2, 0.25) is 10.0 Å². The Bertz CT molecular complexity index is 792. The SMILES string of the molecule is C[C@H](C(=O)Nc1ccc(Cl)cc1Cl)N1CCN(c2ccccc2O)CC1. The molecule has 0 spiro atoms. The molecular formula is C19H21Cl2N3O2. The number of amides is 1. The molecule has 1 atom stereocenters. The molecule has 0 radical (unpaired) electrons. The molecule has 2 N–H and O–H groups in total. The lowest BCUT2D eigenvalue weighted by Crippen LogP contribution is -2.52. The fourth-order valence-electron chi connectivity index (χ4n) is 3.08. The highest BCUT2D eigenvalue weighted by molar-refractivity contribution is 6.36. The Morgan fingerprint density at radius 1 is 1.12 bits per heavy atom. The molecule has 7 heteroatoms. The van der Waals surface area contributed by atoms with Crippen LogP contribution in [0.4, 0.5) is 11.4 Å². The summed E-state index contributed by atoms with van der Waals surface area (Å²) in [4.78, 5) is 16.8. The molecule has 1 aliphatic rings. The summed E-state index contributed by atoms with van der Waals surface area (Å²) in [5.41, 5.74) is 1.39. The smallest absolute Gasteiger partial charge is 0.241 e. The lowest BCUT2D eigenvalue weighted by molar-refractivity contribution is -0.120. The van der Waals surface area contributed by atoms with E-state index in [4.69, 9.17) is 23.2 Å². The first-order valence-corrected chi connectivity index (χ1v) is 9.24. The largest absolute Gasteiger partial charge is 0.506 e. The first-order chi connectivity index (χ1) is 12.5. The predicted octanol–water partition coefficient (Wildman–Crippen LogP) is 3.85. The van der Waals surface area contributed by atoms with Gasteiger partial charge in [-0.25, -0.2) is 0 Å². The fraction of sp³-hybridized carbons (Fsp3) is 0.316. The summed E-state index contributed by atoms with van der Waals surface area (Å²) in [7, 11) is 0. The Kier molecular flexibility index (Phi) is 5.91. The van der Waals surface area contributed by atoms with Gasteiger partial charge in [0.15, 0.2) is 0 Å². The summed E-state index contributed by atoms with van der Waals surface area (Å²) in [6.45, 7) is 4.84. The highest BCUT2D eigenvalue weighted by Crippen LogP contribution is 2.28. The van der Waals surface area contributed by atoms with Gasteiger partial charge in [0.05, 0.1) is 22.4 Å². The van der Waals surface area contributed by atoms with Crippen LogP contribution in [0, 0.1) is 0 Å². The van der Waals surface area contributed by atoms with Crippen LogP contribution in [0.15, 0.2) is 42.5 Å². The Hall–Kier alpha value is -1.95. The number of piperazine rings is 1. The second kappa shape index (κ2) is 8.16. The monoisotopic (exact) mass is 393 g/mol. The minimum atomic E-state index is -0.284. The summed E-state index contributed by atoms with van der Waals surface area (Å²) in [5.74, 6) is 0.175. The van der Waals surface area contributed by atoms with Crippen LogP contribution in [-0.2, 0) is 4.79 Å². The van der Waals surface area contributed by atoms with E-state index in [0.29, 0.717) is 15.7 Å². The number of carbonyl (C=O) groups is 1. The summed E-state index contributed by atoms with van der Waals surface area (Å²) >= 11 is 12.0. The number of rotatable bonds is 4. The van der Waals surface area contributed by atoms with Crippen LogP contribution in [0.5, 0.6) is 5.75 Å². The number of anilines is 2. The molecular weight excluding hydrogens is 373 g/mol. The van der Waals surface area contributed by atoms with Crippen molar-refractivity contribution in [3.05, 3.63) is 52.5 Å². The number of carbonyl (C=O) groups excluding carboxylic acids is 1. The quantitative estimate of drug-likeness (QED) is 0.827. The number of hydrogen-bond acceptors (Lipinski definition) is 4. The van der Waals surface area contributed by atoms with Gasteiger partial charge in [0, 0.05) is 31.2 Å². The third-order valence-electron chi connectivity index (χ3n) is 4.65.